The number of nitrogens with one attached hydrogen (secondary N) is 1. The number of nitrogens with zero attached hydrogens (tertiary/aromatic N) is 1. The zero-order chi connectivity index (χ0) is 12.5. The molecule has 0 spiro atoms. The fourth-order valence-electron chi connectivity index (χ4n) is 2.30. The molecular weight excluding hydrogens is 237 g/mol. The van der Waals surface area contributed by atoms with Crippen LogP contribution in [0.4, 0.5) is 13.2 Å². The quantitative estimate of drug-likeness (QED) is 0.763. The van der Waals surface area contributed by atoms with Gasteiger partial charge in [-0.2, -0.15) is 13.2 Å². The van der Waals surface area contributed by atoms with Crippen LogP contribution in [0.5, 0.6) is 0 Å². The van der Waals surface area contributed by atoms with Crippen LogP contribution in [-0.4, -0.2) is 42.4 Å². The lowest BCUT2D eigenvalue weighted by atomic mass is 10.0. The third kappa shape index (κ3) is 2.90. The van der Waals surface area contributed by atoms with E-state index in [9.17, 15) is 18.0 Å². The number of carbonyl (C=O) groups excluding carboxylic acids is 1. The Bertz CT molecular complexity index is 290. The van der Waals surface area contributed by atoms with Crippen molar-refractivity contribution in [1.29, 1.82) is 0 Å². The van der Waals surface area contributed by atoms with Crippen LogP contribution in [0.25, 0.3) is 0 Å². The van der Waals surface area contributed by atoms with E-state index in [2.05, 4.69) is 5.32 Å². The van der Waals surface area contributed by atoms with Gasteiger partial charge in [-0.25, -0.2) is 5.06 Å². The maximum Gasteiger partial charge on any atom is 0.473 e. The maximum absolute atomic E-state index is 12.3. The summed E-state index contributed by atoms with van der Waals surface area (Å²) in [6, 6.07) is 0.0684. The van der Waals surface area contributed by atoms with Crippen molar-refractivity contribution in [2.75, 3.05) is 13.1 Å². The van der Waals surface area contributed by atoms with Gasteiger partial charge in [-0.15, -0.1) is 0 Å². The standard InChI is InChI=1S/C10H15F3N2O2/c11-10(12,13)9(16)15-6-2-4-8(17-15)7-3-1-5-14-7/h7-8,14H,1-6H2. The highest BCUT2D eigenvalue weighted by Crippen LogP contribution is 2.26. The second kappa shape index (κ2) is 4.81. The summed E-state index contributed by atoms with van der Waals surface area (Å²) in [6.45, 7) is 0.874. The molecule has 2 saturated heterocycles. The number of alkyl halides is 3. The molecule has 0 radical (unpaired) electrons. The van der Waals surface area contributed by atoms with Gasteiger partial charge in [0.2, 0.25) is 0 Å². The first-order valence-corrected chi connectivity index (χ1v) is 5.77. The van der Waals surface area contributed by atoms with E-state index in [-0.39, 0.29) is 18.7 Å². The lowest BCUT2D eigenvalue weighted by Gasteiger charge is -2.35. The summed E-state index contributed by atoms with van der Waals surface area (Å²) in [5.41, 5.74) is 0. The Balaban J connectivity index is 1.94. The summed E-state index contributed by atoms with van der Waals surface area (Å²) in [5, 5.41) is 3.65. The van der Waals surface area contributed by atoms with Crippen molar-refractivity contribution in [3.05, 3.63) is 0 Å². The fourth-order valence-corrected chi connectivity index (χ4v) is 2.30. The van der Waals surface area contributed by atoms with E-state index >= 15 is 0 Å². The number of halogens is 3. The van der Waals surface area contributed by atoms with E-state index in [0.29, 0.717) is 17.9 Å². The first-order chi connectivity index (χ1) is 7.98. The van der Waals surface area contributed by atoms with Crippen LogP contribution in [0, 0.1) is 0 Å². The highest BCUT2D eigenvalue weighted by atomic mass is 19.4. The molecule has 0 aromatic rings. The molecule has 7 heteroatoms. The van der Waals surface area contributed by atoms with Crippen molar-refractivity contribution >= 4 is 5.91 Å². The van der Waals surface area contributed by atoms with Crippen molar-refractivity contribution in [2.24, 2.45) is 0 Å². The van der Waals surface area contributed by atoms with Gasteiger partial charge in [0.1, 0.15) is 6.10 Å². The van der Waals surface area contributed by atoms with Gasteiger partial charge in [0.25, 0.3) is 0 Å². The van der Waals surface area contributed by atoms with Crippen LogP contribution < -0.4 is 5.32 Å². The number of hydrogen-bond acceptors (Lipinski definition) is 3. The van der Waals surface area contributed by atoms with Gasteiger partial charge in [0, 0.05) is 12.6 Å². The third-order valence-corrected chi connectivity index (χ3v) is 3.13. The van der Waals surface area contributed by atoms with Gasteiger partial charge in [0.15, 0.2) is 0 Å². The van der Waals surface area contributed by atoms with Crippen molar-refractivity contribution in [3.63, 3.8) is 0 Å². The molecule has 2 heterocycles. The average molecular weight is 252 g/mol. The SMILES string of the molecule is O=C(N1CCCC(C2CCCN2)O1)C(F)(F)F. The van der Waals surface area contributed by atoms with E-state index in [1.807, 2.05) is 0 Å². The molecule has 0 aromatic heterocycles. The highest BCUT2D eigenvalue weighted by Gasteiger charge is 2.45. The Morgan fingerprint density at radius 2 is 2.06 bits per heavy atom. The van der Waals surface area contributed by atoms with Crippen LogP contribution in [0.3, 0.4) is 0 Å². The predicted molar refractivity (Wildman–Crippen MR) is 52.9 cm³/mol. The van der Waals surface area contributed by atoms with E-state index < -0.39 is 12.1 Å². The minimum absolute atomic E-state index is 0.0154. The molecular formula is C10H15F3N2O2. The molecule has 98 valence electrons. The summed E-state index contributed by atoms with van der Waals surface area (Å²) >= 11 is 0. The summed E-state index contributed by atoms with van der Waals surface area (Å²) < 4.78 is 36.8. The first-order valence-electron chi connectivity index (χ1n) is 5.77. The Morgan fingerprint density at radius 3 is 2.65 bits per heavy atom. The Labute approximate surface area is 97.0 Å². The lowest BCUT2D eigenvalue weighted by molar-refractivity contribution is -0.257. The number of rotatable bonds is 1. The van der Waals surface area contributed by atoms with Crippen LogP contribution in [0.1, 0.15) is 25.7 Å². The Morgan fingerprint density at radius 1 is 1.29 bits per heavy atom. The number of carbonyl (C=O) groups is 1. The summed E-state index contributed by atoms with van der Waals surface area (Å²) in [7, 11) is 0. The van der Waals surface area contributed by atoms with Gasteiger partial charge in [-0.1, -0.05) is 0 Å². The van der Waals surface area contributed by atoms with Crippen molar-refractivity contribution in [3.8, 4) is 0 Å². The van der Waals surface area contributed by atoms with Crippen molar-refractivity contribution in [2.45, 2.75) is 44.0 Å². The molecule has 4 nitrogen and oxygen atoms in total. The molecule has 2 atom stereocenters. The minimum Gasteiger partial charge on any atom is -0.311 e. The van der Waals surface area contributed by atoms with Gasteiger partial charge >= 0.3 is 12.1 Å². The first kappa shape index (κ1) is 12.6. The minimum atomic E-state index is -4.86. The number of hydrogen-bond donors (Lipinski definition) is 1. The number of amides is 1. The third-order valence-electron chi connectivity index (χ3n) is 3.13. The Kier molecular flexibility index (Phi) is 3.58. The molecule has 2 fully saturated rings. The monoisotopic (exact) mass is 252 g/mol. The molecule has 0 saturated carbocycles. The zero-order valence-corrected chi connectivity index (χ0v) is 9.29. The molecule has 17 heavy (non-hydrogen) atoms. The molecule has 0 aromatic carbocycles. The topological polar surface area (TPSA) is 41.6 Å². The zero-order valence-electron chi connectivity index (χ0n) is 9.29. The molecule has 0 aliphatic carbocycles. The smallest absolute Gasteiger partial charge is 0.311 e. The normalized spacial score (nSPS) is 30.6. The molecule has 2 aliphatic heterocycles. The molecule has 1 N–H and O–H groups in total. The van der Waals surface area contributed by atoms with E-state index in [0.717, 1.165) is 19.4 Å². The average Bonchev–Trinajstić information content (AvgIpc) is 2.80. The summed E-state index contributed by atoms with van der Waals surface area (Å²) in [5.74, 6) is -1.90. The van der Waals surface area contributed by atoms with E-state index in [1.165, 1.54) is 0 Å². The molecule has 0 bridgehead atoms. The lowest BCUT2D eigenvalue weighted by Crippen LogP contribution is -2.50. The summed E-state index contributed by atoms with van der Waals surface area (Å²) in [4.78, 5) is 16.2. The van der Waals surface area contributed by atoms with Crippen LogP contribution in [-0.2, 0) is 9.63 Å². The molecule has 2 rings (SSSR count). The van der Waals surface area contributed by atoms with E-state index in [4.69, 9.17) is 4.84 Å². The van der Waals surface area contributed by atoms with Gasteiger partial charge in [-0.05, 0) is 32.2 Å². The van der Waals surface area contributed by atoms with Crippen LogP contribution >= 0.6 is 0 Å². The highest BCUT2D eigenvalue weighted by molar-refractivity contribution is 5.80. The van der Waals surface area contributed by atoms with Gasteiger partial charge in [0.05, 0.1) is 0 Å². The van der Waals surface area contributed by atoms with Crippen LogP contribution in [0.15, 0.2) is 0 Å². The van der Waals surface area contributed by atoms with Crippen LogP contribution in [0.2, 0.25) is 0 Å². The van der Waals surface area contributed by atoms with Crippen molar-refractivity contribution < 1.29 is 22.8 Å². The van der Waals surface area contributed by atoms with Gasteiger partial charge in [-0.3, -0.25) is 9.63 Å². The second-order valence-electron chi connectivity index (χ2n) is 4.39. The molecule has 2 unspecified atom stereocenters. The predicted octanol–water partition coefficient (Wildman–Crippen LogP) is 1.22. The van der Waals surface area contributed by atoms with Crippen molar-refractivity contribution in [1.82, 2.24) is 10.4 Å². The largest absolute Gasteiger partial charge is 0.473 e. The second-order valence-corrected chi connectivity index (χ2v) is 4.39. The Hall–Kier alpha value is -0.820. The fraction of sp³-hybridized carbons (Fsp3) is 0.900. The molecule has 2 aliphatic rings. The summed E-state index contributed by atoms with van der Waals surface area (Å²) in [6.07, 6.45) is -2.05. The maximum atomic E-state index is 12.3. The molecule has 1 amide bonds. The number of hydroxylamine groups is 2. The van der Waals surface area contributed by atoms with Gasteiger partial charge < -0.3 is 5.32 Å². The van der Waals surface area contributed by atoms with E-state index in [1.54, 1.807) is 0 Å².